The van der Waals surface area contributed by atoms with Gasteiger partial charge >= 0.3 is 5.97 Å². The summed E-state index contributed by atoms with van der Waals surface area (Å²) < 4.78 is 42.6. The van der Waals surface area contributed by atoms with Crippen molar-refractivity contribution in [2.45, 2.75) is 54.5 Å². The number of nitrogens with zero attached hydrogens (tertiary/aromatic N) is 1. The van der Waals surface area contributed by atoms with Crippen molar-refractivity contribution < 1.29 is 37.3 Å². The first-order valence-electron chi connectivity index (χ1n) is 12.6. The molecule has 1 aliphatic heterocycles. The lowest BCUT2D eigenvalue weighted by molar-refractivity contribution is -0.137. The van der Waals surface area contributed by atoms with Gasteiger partial charge in [-0.15, -0.1) is 0 Å². The number of benzene rings is 2. The second-order valence-electron chi connectivity index (χ2n) is 9.43. The fraction of sp³-hybridized carbons (Fsp3) is 0.370. The molecule has 2 fully saturated rings. The number of amides is 1. The van der Waals surface area contributed by atoms with Crippen LogP contribution in [-0.2, 0) is 35.3 Å². The number of ether oxygens (including phenoxy) is 3. The van der Waals surface area contributed by atoms with Gasteiger partial charge in [0.05, 0.1) is 28.9 Å². The van der Waals surface area contributed by atoms with Gasteiger partial charge in [-0.2, -0.15) is 0 Å². The van der Waals surface area contributed by atoms with Crippen LogP contribution in [0.2, 0.25) is 0 Å². The van der Waals surface area contributed by atoms with Crippen molar-refractivity contribution in [3.63, 3.8) is 0 Å². The molecule has 1 amide bonds. The van der Waals surface area contributed by atoms with Crippen LogP contribution in [0.15, 0.2) is 59.6 Å². The summed E-state index contributed by atoms with van der Waals surface area (Å²) in [7, 11) is -3.34. The number of nitrogens with one attached hydrogen (secondary N) is 1. The van der Waals surface area contributed by atoms with E-state index in [9.17, 15) is 18.0 Å². The number of sulfone groups is 1. The number of carboxylic acid groups (broad SMARTS) is 1. The van der Waals surface area contributed by atoms with Gasteiger partial charge < -0.3 is 19.3 Å². The number of aliphatic carboxylic acids is 1. The summed E-state index contributed by atoms with van der Waals surface area (Å²) in [5.41, 5.74) is 1.20. The third-order valence-corrected chi connectivity index (χ3v) is 9.49. The van der Waals surface area contributed by atoms with Crippen LogP contribution >= 0.6 is 11.3 Å². The lowest BCUT2D eigenvalue weighted by Crippen LogP contribution is -2.31. The molecule has 10 nitrogen and oxygen atoms in total. The van der Waals surface area contributed by atoms with Crippen LogP contribution in [0.5, 0.6) is 10.8 Å². The average Bonchev–Trinajstić information content (AvgIpc) is 3.71. The van der Waals surface area contributed by atoms with Gasteiger partial charge in [0, 0.05) is 13.2 Å². The zero-order valence-corrected chi connectivity index (χ0v) is 22.6. The third kappa shape index (κ3) is 7.01. The van der Waals surface area contributed by atoms with Gasteiger partial charge in [0.2, 0.25) is 5.06 Å². The second kappa shape index (κ2) is 11.8. The zero-order chi connectivity index (χ0) is 27.4. The Morgan fingerprint density at radius 1 is 1.05 bits per heavy atom. The minimum absolute atomic E-state index is 0.0762. The van der Waals surface area contributed by atoms with E-state index in [4.69, 9.17) is 19.3 Å². The molecule has 1 aliphatic carbocycles. The lowest BCUT2D eigenvalue weighted by atomic mass is 10.1. The van der Waals surface area contributed by atoms with Crippen molar-refractivity contribution in [1.29, 1.82) is 0 Å². The molecule has 0 radical (unpaired) electrons. The second-order valence-corrected chi connectivity index (χ2v) is 12.7. The van der Waals surface area contributed by atoms with E-state index in [0.717, 1.165) is 11.3 Å². The minimum Gasteiger partial charge on any atom is -0.481 e. The fourth-order valence-corrected chi connectivity index (χ4v) is 6.55. The van der Waals surface area contributed by atoms with Gasteiger partial charge in [-0.05, 0) is 61.1 Å². The summed E-state index contributed by atoms with van der Waals surface area (Å²) in [6.07, 6.45) is 2.92. The number of anilines is 1. The number of carbonyl (C=O) groups excluding carboxylic acids is 1. The average molecular weight is 573 g/mol. The number of carboxylic acids is 1. The van der Waals surface area contributed by atoms with E-state index in [0.29, 0.717) is 66.0 Å². The van der Waals surface area contributed by atoms with E-state index in [2.05, 4.69) is 10.3 Å². The summed E-state index contributed by atoms with van der Waals surface area (Å²) in [6.45, 7) is 1.09. The van der Waals surface area contributed by atoms with Crippen LogP contribution in [0.25, 0.3) is 0 Å². The molecule has 1 saturated heterocycles. The SMILES string of the molecule is O=C(O)Cc1ccc(Oc2cnc(NC(=O)C(OC3CCOCC3)c3ccc(S(=O)(=O)C4CC4)cc3)s2)cc1. The number of thiazole rings is 1. The van der Waals surface area contributed by atoms with E-state index < -0.39 is 27.8 Å². The molecule has 206 valence electrons. The predicted molar refractivity (Wildman–Crippen MR) is 143 cm³/mol. The smallest absolute Gasteiger partial charge is 0.307 e. The molecular formula is C27H28N2O8S2. The Kier molecular flexibility index (Phi) is 8.26. The molecule has 1 saturated carbocycles. The van der Waals surface area contributed by atoms with Crippen molar-refractivity contribution >= 4 is 38.2 Å². The summed E-state index contributed by atoms with van der Waals surface area (Å²) in [4.78, 5) is 28.7. The summed E-state index contributed by atoms with van der Waals surface area (Å²) in [6, 6.07) is 13.0. The normalized spacial score (nSPS) is 16.9. The number of rotatable bonds is 11. The molecule has 12 heteroatoms. The molecule has 0 spiro atoms. The Hall–Kier alpha value is -3.32. The molecule has 0 bridgehead atoms. The first-order chi connectivity index (χ1) is 18.8. The maximum atomic E-state index is 13.4. The van der Waals surface area contributed by atoms with Crippen molar-refractivity contribution in [3.8, 4) is 10.8 Å². The van der Waals surface area contributed by atoms with Gasteiger partial charge in [0.15, 0.2) is 21.1 Å². The number of hydrogen-bond acceptors (Lipinski definition) is 9. The molecule has 3 aromatic rings. The summed E-state index contributed by atoms with van der Waals surface area (Å²) in [5, 5.41) is 12.1. The van der Waals surface area contributed by atoms with Gasteiger partial charge in [-0.3, -0.25) is 14.9 Å². The van der Waals surface area contributed by atoms with Crippen LogP contribution in [0, 0.1) is 0 Å². The Bertz CT molecular complexity index is 1410. The number of carbonyl (C=O) groups is 2. The topological polar surface area (TPSA) is 141 Å². The molecule has 2 N–H and O–H groups in total. The van der Waals surface area contributed by atoms with Crippen molar-refractivity contribution in [2.24, 2.45) is 0 Å². The van der Waals surface area contributed by atoms with E-state index in [-0.39, 0.29) is 22.7 Å². The minimum atomic E-state index is -3.34. The van der Waals surface area contributed by atoms with Crippen LogP contribution in [0.1, 0.15) is 42.9 Å². The molecule has 2 aromatic carbocycles. The molecule has 2 heterocycles. The largest absolute Gasteiger partial charge is 0.481 e. The molecule has 1 atom stereocenters. The standard InChI is InChI=1S/C27H28N2O8S2/c30-23(31)15-17-1-5-19(6-2-17)36-24-16-28-27(38-24)29-26(32)25(37-20-11-13-35-14-12-20)18-3-7-21(8-4-18)39(33,34)22-9-10-22/h1-8,16,20,22,25H,9-15H2,(H,30,31)(H,28,29,32). The maximum Gasteiger partial charge on any atom is 0.307 e. The van der Waals surface area contributed by atoms with E-state index >= 15 is 0 Å². The highest BCUT2D eigenvalue weighted by Gasteiger charge is 2.37. The number of hydrogen-bond donors (Lipinski definition) is 2. The van der Waals surface area contributed by atoms with Crippen LogP contribution in [0.3, 0.4) is 0 Å². The van der Waals surface area contributed by atoms with Crippen LogP contribution < -0.4 is 10.1 Å². The molecular weight excluding hydrogens is 544 g/mol. The van der Waals surface area contributed by atoms with Gasteiger partial charge in [0.1, 0.15) is 5.75 Å². The highest BCUT2D eigenvalue weighted by Crippen LogP contribution is 2.35. The molecule has 2 aliphatic rings. The third-order valence-electron chi connectivity index (χ3n) is 6.42. The van der Waals surface area contributed by atoms with E-state index in [1.54, 1.807) is 36.4 Å². The lowest BCUT2D eigenvalue weighted by Gasteiger charge is -2.27. The molecule has 5 rings (SSSR count). The van der Waals surface area contributed by atoms with Gasteiger partial charge in [0.25, 0.3) is 5.91 Å². The number of aromatic nitrogens is 1. The van der Waals surface area contributed by atoms with E-state index in [1.165, 1.54) is 18.3 Å². The first-order valence-corrected chi connectivity index (χ1v) is 15.0. The van der Waals surface area contributed by atoms with Crippen molar-refractivity contribution in [3.05, 3.63) is 65.9 Å². The summed E-state index contributed by atoms with van der Waals surface area (Å²) >= 11 is 1.13. The van der Waals surface area contributed by atoms with Crippen LogP contribution in [-0.4, -0.2) is 55.0 Å². The Labute approximate surface area is 229 Å². The van der Waals surface area contributed by atoms with Gasteiger partial charge in [-0.1, -0.05) is 35.6 Å². The molecule has 39 heavy (non-hydrogen) atoms. The Balaban J connectivity index is 1.28. The monoisotopic (exact) mass is 572 g/mol. The Morgan fingerprint density at radius 2 is 1.74 bits per heavy atom. The van der Waals surface area contributed by atoms with Crippen LogP contribution in [0.4, 0.5) is 5.13 Å². The molecule has 1 unspecified atom stereocenters. The predicted octanol–water partition coefficient (Wildman–Crippen LogP) is 4.37. The van der Waals surface area contributed by atoms with Gasteiger partial charge in [-0.25, -0.2) is 13.4 Å². The highest BCUT2D eigenvalue weighted by molar-refractivity contribution is 7.92. The highest BCUT2D eigenvalue weighted by atomic mass is 32.2. The van der Waals surface area contributed by atoms with Crippen molar-refractivity contribution in [2.75, 3.05) is 18.5 Å². The molecule has 1 aromatic heterocycles. The van der Waals surface area contributed by atoms with E-state index in [1.807, 2.05) is 0 Å². The quantitative estimate of drug-likeness (QED) is 0.342. The first kappa shape index (κ1) is 27.3. The Morgan fingerprint density at radius 3 is 2.38 bits per heavy atom. The van der Waals surface area contributed by atoms with Crippen molar-refractivity contribution in [1.82, 2.24) is 4.98 Å². The zero-order valence-electron chi connectivity index (χ0n) is 20.9. The summed E-state index contributed by atoms with van der Waals surface area (Å²) in [5.74, 6) is -0.837. The maximum absolute atomic E-state index is 13.4. The fourth-order valence-electron chi connectivity index (χ4n) is 4.20.